The van der Waals surface area contributed by atoms with Crippen LogP contribution in [0.15, 0.2) is 36.4 Å². The van der Waals surface area contributed by atoms with E-state index in [-0.39, 0.29) is 17.5 Å². The van der Waals surface area contributed by atoms with Crippen LogP contribution < -0.4 is 14.8 Å². The molecule has 0 fully saturated rings. The van der Waals surface area contributed by atoms with Gasteiger partial charge in [-0.3, -0.25) is 4.79 Å². The Hall–Kier alpha value is -2.41. The van der Waals surface area contributed by atoms with E-state index in [0.29, 0.717) is 17.1 Å². The van der Waals surface area contributed by atoms with Crippen molar-refractivity contribution < 1.29 is 27.4 Å². The van der Waals surface area contributed by atoms with Crippen molar-refractivity contribution in [1.82, 2.24) is 0 Å². The molecule has 1 heterocycles. The molecule has 0 radical (unpaired) electrons. The lowest BCUT2D eigenvalue weighted by molar-refractivity contribution is -0.137. The van der Waals surface area contributed by atoms with Crippen LogP contribution in [0.5, 0.6) is 11.5 Å². The van der Waals surface area contributed by atoms with Crippen LogP contribution >= 0.6 is 11.6 Å². The number of carbonyl (C=O) groups excluding carboxylic acids is 1. The second-order valence-corrected chi connectivity index (χ2v) is 6.77. The lowest BCUT2D eigenvalue weighted by Crippen LogP contribution is -2.35. The van der Waals surface area contributed by atoms with Crippen LogP contribution in [0.2, 0.25) is 5.02 Å². The molecule has 0 saturated heterocycles. The minimum atomic E-state index is -4.64. The fourth-order valence-corrected chi connectivity index (χ4v) is 2.73. The fraction of sp³-hybridized carbons (Fsp3) is 0.278. The number of ether oxygens (including phenoxy) is 2. The van der Waals surface area contributed by atoms with Crippen LogP contribution in [0.4, 0.5) is 18.9 Å². The molecule has 0 aromatic heterocycles. The van der Waals surface area contributed by atoms with Crippen LogP contribution in [0.1, 0.15) is 25.0 Å². The third-order valence-electron chi connectivity index (χ3n) is 4.20. The van der Waals surface area contributed by atoms with E-state index >= 15 is 0 Å². The SMILES string of the molecule is CC(C)(C(=O)Nc1ccc(Cl)cc1C(F)(F)F)c1ccc2c(c1)OCO2. The number of hydrogen-bond donors (Lipinski definition) is 1. The van der Waals surface area contributed by atoms with Crippen LogP contribution in [0, 0.1) is 0 Å². The first-order chi connectivity index (χ1) is 12.1. The van der Waals surface area contributed by atoms with Crippen molar-refractivity contribution in [3.63, 3.8) is 0 Å². The average Bonchev–Trinajstić information content (AvgIpc) is 3.03. The second-order valence-electron chi connectivity index (χ2n) is 6.33. The quantitative estimate of drug-likeness (QED) is 0.808. The molecule has 1 aliphatic rings. The van der Waals surface area contributed by atoms with Gasteiger partial charge < -0.3 is 14.8 Å². The Morgan fingerprint density at radius 3 is 2.46 bits per heavy atom. The molecule has 26 heavy (non-hydrogen) atoms. The van der Waals surface area contributed by atoms with Gasteiger partial charge >= 0.3 is 6.18 Å². The van der Waals surface area contributed by atoms with Gasteiger partial charge in [0.2, 0.25) is 12.7 Å². The highest BCUT2D eigenvalue weighted by molar-refractivity contribution is 6.30. The predicted molar refractivity (Wildman–Crippen MR) is 90.7 cm³/mol. The maximum absolute atomic E-state index is 13.2. The summed E-state index contributed by atoms with van der Waals surface area (Å²) in [5.41, 5.74) is -1.87. The van der Waals surface area contributed by atoms with Gasteiger partial charge in [-0.15, -0.1) is 0 Å². The van der Waals surface area contributed by atoms with Gasteiger partial charge in [0.1, 0.15) is 0 Å². The Balaban J connectivity index is 1.90. The third-order valence-corrected chi connectivity index (χ3v) is 4.43. The zero-order valence-corrected chi connectivity index (χ0v) is 14.7. The summed E-state index contributed by atoms with van der Waals surface area (Å²) in [5.74, 6) is 0.456. The molecule has 3 rings (SSSR count). The number of benzene rings is 2. The molecule has 0 aliphatic carbocycles. The average molecular weight is 386 g/mol. The summed E-state index contributed by atoms with van der Waals surface area (Å²) in [7, 11) is 0. The summed E-state index contributed by atoms with van der Waals surface area (Å²) in [6.45, 7) is 3.32. The Morgan fingerprint density at radius 1 is 1.08 bits per heavy atom. The molecular formula is C18H15ClF3NO3. The number of fused-ring (bicyclic) bond motifs is 1. The first-order valence-corrected chi connectivity index (χ1v) is 8.05. The maximum atomic E-state index is 13.2. The molecule has 0 spiro atoms. The van der Waals surface area contributed by atoms with Crippen molar-refractivity contribution >= 4 is 23.2 Å². The van der Waals surface area contributed by atoms with Crippen molar-refractivity contribution in [2.75, 3.05) is 12.1 Å². The van der Waals surface area contributed by atoms with Crippen molar-refractivity contribution in [3.8, 4) is 11.5 Å². The Kier molecular flexibility index (Phi) is 4.52. The number of alkyl halides is 3. The lowest BCUT2D eigenvalue weighted by atomic mass is 9.83. The number of carbonyl (C=O) groups is 1. The van der Waals surface area contributed by atoms with Gasteiger partial charge in [-0.05, 0) is 49.7 Å². The molecule has 8 heteroatoms. The summed E-state index contributed by atoms with van der Waals surface area (Å²) in [6, 6.07) is 8.20. The summed E-state index contributed by atoms with van der Waals surface area (Å²) in [5, 5.41) is 2.30. The predicted octanol–water partition coefficient (Wildman–Crippen LogP) is 5.00. The molecule has 0 atom stereocenters. The molecule has 0 saturated carbocycles. The van der Waals surface area contributed by atoms with Crippen molar-refractivity contribution in [2.24, 2.45) is 0 Å². The van der Waals surface area contributed by atoms with E-state index in [4.69, 9.17) is 21.1 Å². The van der Waals surface area contributed by atoms with Gasteiger partial charge in [0.15, 0.2) is 11.5 Å². The van der Waals surface area contributed by atoms with Crippen molar-refractivity contribution in [2.45, 2.75) is 25.4 Å². The molecule has 1 aliphatic heterocycles. The summed E-state index contributed by atoms with van der Waals surface area (Å²) < 4.78 is 50.1. The van der Waals surface area contributed by atoms with Crippen LogP contribution in [0.25, 0.3) is 0 Å². The van der Waals surface area contributed by atoms with Crippen LogP contribution in [-0.4, -0.2) is 12.7 Å². The molecule has 138 valence electrons. The van der Waals surface area contributed by atoms with Crippen molar-refractivity contribution in [3.05, 3.63) is 52.5 Å². The van der Waals surface area contributed by atoms with Crippen molar-refractivity contribution in [1.29, 1.82) is 0 Å². The fourth-order valence-electron chi connectivity index (χ4n) is 2.55. The Labute approximate surface area is 152 Å². The topological polar surface area (TPSA) is 47.6 Å². The van der Waals surface area contributed by atoms with Crippen LogP contribution in [-0.2, 0) is 16.4 Å². The van der Waals surface area contributed by atoms with Gasteiger partial charge in [-0.1, -0.05) is 17.7 Å². The zero-order valence-electron chi connectivity index (χ0n) is 13.9. The summed E-state index contributed by atoms with van der Waals surface area (Å²) >= 11 is 5.66. The van der Waals surface area contributed by atoms with E-state index < -0.39 is 23.1 Å². The number of hydrogen-bond acceptors (Lipinski definition) is 3. The minimum Gasteiger partial charge on any atom is -0.454 e. The molecule has 2 aromatic carbocycles. The highest BCUT2D eigenvalue weighted by Gasteiger charge is 2.37. The number of anilines is 1. The summed E-state index contributed by atoms with van der Waals surface area (Å²) in [4.78, 5) is 12.7. The van der Waals surface area contributed by atoms with E-state index in [1.807, 2.05) is 0 Å². The van der Waals surface area contributed by atoms with Gasteiger partial charge in [0.05, 0.1) is 16.7 Å². The summed E-state index contributed by atoms with van der Waals surface area (Å²) in [6.07, 6.45) is -4.64. The Morgan fingerprint density at radius 2 is 1.77 bits per heavy atom. The highest BCUT2D eigenvalue weighted by atomic mass is 35.5. The molecular weight excluding hydrogens is 371 g/mol. The van der Waals surface area contributed by atoms with E-state index in [1.54, 1.807) is 32.0 Å². The first kappa shape index (κ1) is 18.4. The largest absolute Gasteiger partial charge is 0.454 e. The highest BCUT2D eigenvalue weighted by Crippen LogP contribution is 2.39. The van der Waals surface area contributed by atoms with Gasteiger partial charge in [0, 0.05) is 5.02 Å². The smallest absolute Gasteiger partial charge is 0.418 e. The van der Waals surface area contributed by atoms with Gasteiger partial charge in [-0.25, -0.2) is 0 Å². The van der Waals surface area contributed by atoms with E-state index in [9.17, 15) is 18.0 Å². The maximum Gasteiger partial charge on any atom is 0.418 e. The molecule has 0 bridgehead atoms. The number of amides is 1. The van der Waals surface area contributed by atoms with E-state index in [0.717, 1.165) is 12.1 Å². The lowest BCUT2D eigenvalue weighted by Gasteiger charge is -2.25. The molecule has 0 unspecified atom stereocenters. The zero-order chi connectivity index (χ0) is 19.1. The standard InChI is InChI=1S/C18H15ClF3NO3/c1-17(2,10-3-6-14-15(7-10)26-9-25-14)16(24)23-13-5-4-11(19)8-12(13)18(20,21)22/h3-8H,9H2,1-2H3,(H,23,24). The molecule has 1 N–H and O–H groups in total. The normalized spacial score (nSPS) is 13.6. The second kappa shape index (κ2) is 6.39. The minimum absolute atomic E-state index is 0.0645. The van der Waals surface area contributed by atoms with Gasteiger partial charge in [0.25, 0.3) is 0 Å². The molecule has 2 aromatic rings. The monoisotopic (exact) mass is 385 g/mol. The molecule has 4 nitrogen and oxygen atoms in total. The number of rotatable bonds is 3. The number of halogens is 4. The van der Waals surface area contributed by atoms with E-state index in [2.05, 4.69) is 5.32 Å². The number of nitrogens with one attached hydrogen (secondary N) is 1. The first-order valence-electron chi connectivity index (χ1n) is 7.67. The van der Waals surface area contributed by atoms with Gasteiger partial charge in [-0.2, -0.15) is 13.2 Å². The van der Waals surface area contributed by atoms with Crippen LogP contribution in [0.3, 0.4) is 0 Å². The molecule has 1 amide bonds. The van der Waals surface area contributed by atoms with E-state index in [1.165, 1.54) is 6.07 Å². The Bertz CT molecular complexity index is 865. The third kappa shape index (κ3) is 3.44.